The second-order valence-electron chi connectivity index (χ2n) is 8.13. The summed E-state index contributed by atoms with van der Waals surface area (Å²) < 4.78 is 1.97. The van der Waals surface area contributed by atoms with Crippen LogP contribution in [0.1, 0.15) is 46.0 Å². The maximum Gasteiger partial charge on any atom is 0.225 e. The number of carbonyl (C=O) groups is 1. The molecule has 1 saturated carbocycles. The fourth-order valence-electron chi connectivity index (χ4n) is 4.35. The van der Waals surface area contributed by atoms with Crippen LogP contribution in [0.4, 0.5) is 5.13 Å². The summed E-state index contributed by atoms with van der Waals surface area (Å²) in [7, 11) is 0. The maximum absolute atomic E-state index is 12.9. The van der Waals surface area contributed by atoms with Crippen molar-refractivity contribution in [2.24, 2.45) is 17.8 Å². The van der Waals surface area contributed by atoms with E-state index in [4.69, 9.17) is 0 Å². The van der Waals surface area contributed by atoms with Gasteiger partial charge in [-0.2, -0.15) is 0 Å². The van der Waals surface area contributed by atoms with Crippen molar-refractivity contribution in [3.05, 3.63) is 24.5 Å². The van der Waals surface area contributed by atoms with E-state index in [2.05, 4.69) is 34.3 Å². The Morgan fingerprint density at radius 1 is 1.11 bits per heavy atom. The van der Waals surface area contributed by atoms with Gasteiger partial charge in [0.1, 0.15) is 0 Å². The minimum absolute atomic E-state index is 0.0436. The van der Waals surface area contributed by atoms with Crippen LogP contribution in [-0.4, -0.2) is 39.8 Å². The summed E-state index contributed by atoms with van der Waals surface area (Å²) in [6.07, 6.45) is 9.55. The van der Waals surface area contributed by atoms with Gasteiger partial charge in [-0.25, -0.2) is 0 Å². The fourth-order valence-corrected chi connectivity index (χ4v) is 5.20. The fraction of sp³-hybridized carbons (Fsp3) is 0.650. The molecule has 0 spiro atoms. The third kappa shape index (κ3) is 4.03. The molecule has 4 atom stereocenters. The zero-order chi connectivity index (χ0) is 18.8. The van der Waals surface area contributed by atoms with Crippen LogP contribution < -0.4 is 10.2 Å². The first-order valence-electron chi connectivity index (χ1n) is 10.1. The molecule has 0 radical (unpaired) electrons. The summed E-state index contributed by atoms with van der Waals surface area (Å²) in [5.41, 5.74) is 0. The number of hydrogen-bond acceptors (Lipinski definition) is 5. The van der Waals surface area contributed by atoms with Gasteiger partial charge in [-0.1, -0.05) is 38.0 Å². The van der Waals surface area contributed by atoms with Crippen LogP contribution in [0.3, 0.4) is 0 Å². The van der Waals surface area contributed by atoms with Crippen molar-refractivity contribution < 1.29 is 4.79 Å². The summed E-state index contributed by atoms with van der Waals surface area (Å²) in [4.78, 5) is 15.1. The van der Waals surface area contributed by atoms with Crippen LogP contribution in [-0.2, 0) is 4.79 Å². The molecule has 4 rings (SSSR count). The van der Waals surface area contributed by atoms with E-state index in [1.54, 1.807) is 11.3 Å². The molecule has 1 aliphatic carbocycles. The predicted octanol–water partition coefficient (Wildman–Crippen LogP) is 3.49. The maximum atomic E-state index is 12.9. The summed E-state index contributed by atoms with van der Waals surface area (Å²) in [6.45, 7) is 6.28. The van der Waals surface area contributed by atoms with Gasteiger partial charge in [-0.05, 0) is 43.2 Å². The Labute approximate surface area is 165 Å². The average molecular weight is 388 g/mol. The Morgan fingerprint density at radius 2 is 1.89 bits per heavy atom. The number of aromatic nitrogens is 3. The highest BCUT2D eigenvalue weighted by Crippen LogP contribution is 2.31. The first kappa shape index (κ1) is 18.5. The third-order valence-corrected chi connectivity index (χ3v) is 7.32. The molecule has 7 heteroatoms. The number of piperidine rings is 1. The predicted molar refractivity (Wildman–Crippen MR) is 108 cm³/mol. The van der Waals surface area contributed by atoms with Crippen molar-refractivity contribution in [3.8, 4) is 5.13 Å². The number of amides is 1. The molecular weight excluding hydrogens is 358 g/mol. The van der Waals surface area contributed by atoms with E-state index >= 15 is 0 Å². The second-order valence-corrected chi connectivity index (χ2v) is 9.06. The first-order chi connectivity index (χ1) is 13.1. The molecule has 3 heterocycles. The van der Waals surface area contributed by atoms with E-state index in [1.807, 2.05) is 29.1 Å². The number of anilines is 1. The summed E-state index contributed by atoms with van der Waals surface area (Å²) in [5.74, 6) is 1.53. The van der Waals surface area contributed by atoms with Crippen LogP contribution in [0.2, 0.25) is 0 Å². The second kappa shape index (κ2) is 8.00. The Kier molecular flexibility index (Phi) is 5.48. The highest BCUT2D eigenvalue weighted by molar-refractivity contribution is 7.17. The van der Waals surface area contributed by atoms with Gasteiger partial charge in [0.05, 0.1) is 5.92 Å². The molecule has 1 saturated heterocycles. The number of carbonyl (C=O) groups excluding carboxylic acids is 1. The van der Waals surface area contributed by atoms with Crippen molar-refractivity contribution in [2.75, 3.05) is 18.0 Å². The van der Waals surface area contributed by atoms with Gasteiger partial charge >= 0.3 is 0 Å². The van der Waals surface area contributed by atoms with Gasteiger partial charge in [0.15, 0.2) is 0 Å². The summed E-state index contributed by atoms with van der Waals surface area (Å²) in [6, 6.07) is 4.30. The highest BCUT2D eigenvalue weighted by atomic mass is 32.1. The molecule has 1 N–H and O–H groups in total. The average Bonchev–Trinajstić information content (AvgIpc) is 3.37. The summed E-state index contributed by atoms with van der Waals surface area (Å²) >= 11 is 1.58. The van der Waals surface area contributed by atoms with Gasteiger partial charge in [-0.15, -0.1) is 10.2 Å². The zero-order valence-corrected chi connectivity index (χ0v) is 17.0. The molecule has 2 aromatic heterocycles. The number of hydrogen-bond donors (Lipinski definition) is 1. The van der Waals surface area contributed by atoms with Crippen LogP contribution in [0.5, 0.6) is 0 Å². The molecule has 0 bridgehead atoms. The molecule has 6 nitrogen and oxygen atoms in total. The first-order valence-corrected chi connectivity index (χ1v) is 11.0. The molecule has 1 amide bonds. The molecule has 0 unspecified atom stereocenters. The van der Waals surface area contributed by atoms with Crippen LogP contribution >= 0.6 is 11.3 Å². The monoisotopic (exact) mass is 387 g/mol. The smallest absolute Gasteiger partial charge is 0.225 e. The Morgan fingerprint density at radius 3 is 2.70 bits per heavy atom. The van der Waals surface area contributed by atoms with Crippen molar-refractivity contribution in [2.45, 2.75) is 52.0 Å². The number of rotatable bonds is 4. The van der Waals surface area contributed by atoms with E-state index in [1.165, 1.54) is 12.8 Å². The zero-order valence-electron chi connectivity index (χ0n) is 16.2. The number of nitrogens with zero attached hydrogens (tertiary/aromatic N) is 4. The molecule has 0 aromatic carbocycles. The van der Waals surface area contributed by atoms with Crippen LogP contribution in [0, 0.1) is 17.8 Å². The lowest BCUT2D eigenvalue weighted by Gasteiger charge is -2.37. The van der Waals surface area contributed by atoms with E-state index in [-0.39, 0.29) is 11.8 Å². The standard InChI is InChI=1S/C20H29N5OS/c1-14-7-5-9-17(15(14)2)21-18(26)16-8-6-12-25(13-16)20-23-22-19(27-20)24-10-3-4-11-24/h3-4,10-11,14-17H,5-9,12-13H2,1-2H3,(H,21,26)/t14-,15+,16-,17+/m1/s1. The van der Waals surface area contributed by atoms with Crippen LogP contribution in [0.15, 0.2) is 24.5 Å². The minimum atomic E-state index is 0.0436. The lowest BCUT2D eigenvalue weighted by atomic mass is 9.78. The minimum Gasteiger partial charge on any atom is -0.353 e. The van der Waals surface area contributed by atoms with Gasteiger partial charge in [0.2, 0.25) is 16.2 Å². The van der Waals surface area contributed by atoms with Gasteiger partial charge in [0, 0.05) is 31.5 Å². The van der Waals surface area contributed by atoms with E-state index in [0.717, 1.165) is 42.6 Å². The van der Waals surface area contributed by atoms with Gasteiger partial charge in [-0.3, -0.25) is 9.36 Å². The molecule has 27 heavy (non-hydrogen) atoms. The van der Waals surface area contributed by atoms with E-state index < -0.39 is 0 Å². The molecule has 2 fully saturated rings. The van der Waals surface area contributed by atoms with E-state index in [9.17, 15) is 4.79 Å². The topological polar surface area (TPSA) is 63.1 Å². The molecular formula is C20H29N5OS. The molecule has 2 aromatic rings. The van der Waals surface area contributed by atoms with Crippen molar-refractivity contribution in [1.29, 1.82) is 0 Å². The third-order valence-electron chi connectivity index (χ3n) is 6.33. The summed E-state index contributed by atoms with van der Waals surface area (Å²) in [5, 5.41) is 13.8. The van der Waals surface area contributed by atoms with Crippen molar-refractivity contribution in [1.82, 2.24) is 20.1 Å². The molecule has 146 valence electrons. The quantitative estimate of drug-likeness (QED) is 0.872. The lowest BCUT2D eigenvalue weighted by Crippen LogP contribution is -2.49. The van der Waals surface area contributed by atoms with E-state index in [0.29, 0.717) is 17.9 Å². The number of nitrogens with one attached hydrogen (secondary N) is 1. The van der Waals surface area contributed by atoms with Crippen molar-refractivity contribution >= 4 is 22.4 Å². The SMILES string of the molecule is C[C@H]1[C@H](C)CCC[C@@H]1NC(=O)[C@@H]1CCCN(c2nnc(-n3cccc3)s2)C1. The largest absolute Gasteiger partial charge is 0.353 e. The van der Waals surface area contributed by atoms with Crippen molar-refractivity contribution in [3.63, 3.8) is 0 Å². The lowest BCUT2D eigenvalue weighted by molar-refractivity contribution is -0.126. The van der Waals surface area contributed by atoms with Gasteiger partial charge in [0.25, 0.3) is 0 Å². The van der Waals surface area contributed by atoms with Gasteiger partial charge < -0.3 is 10.2 Å². The van der Waals surface area contributed by atoms with Crippen LogP contribution in [0.25, 0.3) is 5.13 Å². The Bertz CT molecular complexity index is 758. The Hall–Kier alpha value is -1.89. The Balaban J connectivity index is 1.38. The molecule has 1 aliphatic heterocycles. The molecule has 2 aliphatic rings. The normalized spacial score (nSPS) is 28.9. The highest BCUT2D eigenvalue weighted by Gasteiger charge is 2.32.